The second-order valence-electron chi connectivity index (χ2n) is 3.90. The summed E-state index contributed by atoms with van der Waals surface area (Å²) in [5, 5.41) is 6.63. The molecule has 0 aliphatic carbocycles. The van der Waals surface area contributed by atoms with Gasteiger partial charge in [-0.3, -0.25) is 0 Å². The molecule has 3 nitrogen and oxygen atoms in total. The molecule has 0 bridgehead atoms. The van der Waals surface area contributed by atoms with E-state index in [-0.39, 0.29) is 0 Å². The number of benzene rings is 1. The maximum Gasteiger partial charge on any atom is 0.171 e. The van der Waals surface area contributed by atoms with Crippen LogP contribution in [0.2, 0.25) is 0 Å². The van der Waals surface area contributed by atoms with E-state index in [2.05, 4.69) is 23.8 Å². The minimum atomic E-state index is 0.516. The van der Waals surface area contributed by atoms with Crippen LogP contribution in [-0.4, -0.2) is 18.3 Å². The van der Waals surface area contributed by atoms with Gasteiger partial charge >= 0.3 is 0 Å². The lowest BCUT2D eigenvalue weighted by molar-refractivity contribution is 0.353. The number of hydrogen-bond donors (Lipinski definition) is 2. The van der Waals surface area contributed by atoms with Crippen molar-refractivity contribution in [2.45, 2.75) is 6.92 Å². The predicted octanol–water partition coefficient (Wildman–Crippen LogP) is 3.11. The second-order valence-corrected chi connectivity index (χ2v) is 4.31. The van der Waals surface area contributed by atoms with E-state index in [4.69, 9.17) is 17.0 Å². The van der Waals surface area contributed by atoms with Gasteiger partial charge in [0.05, 0.1) is 0 Å². The van der Waals surface area contributed by atoms with Crippen molar-refractivity contribution in [3.8, 4) is 5.75 Å². The predicted molar refractivity (Wildman–Crippen MR) is 81.2 cm³/mol. The average Bonchev–Trinajstić information content (AvgIpc) is 2.34. The zero-order valence-corrected chi connectivity index (χ0v) is 11.3. The van der Waals surface area contributed by atoms with E-state index >= 15 is 0 Å². The van der Waals surface area contributed by atoms with Gasteiger partial charge in [-0.2, -0.15) is 0 Å². The van der Waals surface area contributed by atoms with E-state index in [0.717, 1.165) is 17.0 Å². The number of ether oxygens (including phenoxy) is 1. The van der Waals surface area contributed by atoms with Crippen LogP contribution in [0.25, 0.3) is 0 Å². The van der Waals surface area contributed by atoms with Crippen LogP contribution in [-0.2, 0) is 0 Å². The van der Waals surface area contributed by atoms with Crippen molar-refractivity contribution in [1.82, 2.24) is 5.32 Å². The molecule has 18 heavy (non-hydrogen) atoms. The van der Waals surface area contributed by atoms with E-state index in [9.17, 15) is 0 Å². The molecule has 0 aromatic heterocycles. The molecule has 0 saturated heterocycles. The highest BCUT2D eigenvalue weighted by molar-refractivity contribution is 7.80. The number of hydrogen-bond acceptors (Lipinski definition) is 2. The summed E-state index contributed by atoms with van der Waals surface area (Å²) in [6.45, 7) is 10.5. The van der Waals surface area contributed by atoms with Crippen LogP contribution in [0.1, 0.15) is 6.92 Å². The Labute approximate surface area is 114 Å². The monoisotopic (exact) mass is 262 g/mol. The molecule has 1 aromatic rings. The van der Waals surface area contributed by atoms with E-state index in [1.165, 1.54) is 0 Å². The highest BCUT2D eigenvalue weighted by Crippen LogP contribution is 2.17. The summed E-state index contributed by atoms with van der Waals surface area (Å²) in [5.41, 5.74) is 1.87. The van der Waals surface area contributed by atoms with Crippen LogP contribution in [0.3, 0.4) is 0 Å². The normalized spacial score (nSPS) is 9.39. The lowest BCUT2D eigenvalue weighted by Crippen LogP contribution is -2.28. The van der Waals surface area contributed by atoms with Gasteiger partial charge in [0.1, 0.15) is 12.4 Å². The molecule has 0 spiro atoms. The fraction of sp³-hybridized carbons (Fsp3) is 0.214. The number of rotatable bonds is 6. The maximum atomic E-state index is 5.55. The van der Waals surface area contributed by atoms with Crippen LogP contribution in [0.5, 0.6) is 5.75 Å². The second kappa shape index (κ2) is 7.50. The molecule has 0 aliphatic rings. The van der Waals surface area contributed by atoms with Crippen molar-refractivity contribution in [1.29, 1.82) is 0 Å². The van der Waals surface area contributed by atoms with Crippen LogP contribution in [0.4, 0.5) is 5.69 Å². The first kappa shape index (κ1) is 14.3. The summed E-state index contributed by atoms with van der Waals surface area (Å²) in [6.07, 6.45) is 1.75. The molecular formula is C14H18N2OS. The minimum Gasteiger partial charge on any atom is -0.489 e. The highest BCUT2D eigenvalue weighted by atomic mass is 32.1. The first-order chi connectivity index (χ1) is 8.61. The third kappa shape index (κ3) is 5.50. The van der Waals surface area contributed by atoms with Crippen molar-refractivity contribution < 1.29 is 4.74 Å². The molecule has 0 radical (unpaired) electrons. The van der Waals surface area contributed by atoms with Crippen molar-refractivity contribution in [3.05, 3.63) is 49.1 Å². The molecule has 0 atom stereocenters. The number of anilines is 1. The summed E-state index contributed by atoms with van der Waals surface area (Å²) in [6, 6.07) is 7.63. The Morgan fingerprint density at radius 1 is 1.50 bits per heavy atom. The minimum absolute atomic E-state index is 0.516. The number of thiocarbonyl (C=S) groups is 1. The molecule has 0 saturated carbocycles. The Hall–Kier alpha value is -1.81. The quantitative estimate of drug-likeness (QED) is 0.609. The molecule has 1 aromatic carbocycles. The van der Waals surface area contributed by atoms with Crippen LogP contribution >= 0.6 is 12.2 Å². The Bertz CT molecular complexity index is 443. The highest BCUT2D eigenvalue weighted by Gasteiger charge is 1.99. The zero-order valence-electron chi connectivity index (χ0n) is 10.5. The van der Waals surface area contributed by atoms with E-state index in [1.807, 2.05) is 31.2 Å². The van der Waals surface area contributed by atoms with Gasteiger partial charge in [0, 0.05) is 18.3 Å². The fourth-order valence-corrected chi connectivity index (χ4v) is 1.41. The summed E-state index contributed by atoms with van der Waals surface area (Å²) >= 11 is 5.13. The molecule has 0 fully saturated rings. The van der Waals surface area contributed by atoms with Gasteiger partial charge in [0.25, 0.3) is 0 Å². The van der Waals surface area contributed by atoms with Crippen molar-refractivity contribution in [3.63, 3.8) is 0 Å². The lowest BCUT2D eigenvalue weighted by atomic mass is 10.3. The van der Waals surface area contributed by atoms with Gasteiger partial charge in [-0.25, -0.2) is 0 Å². The molecule has 0 heterocycles. The van der Waals surface area contributed by atoms with Gasteiger partial charge < -0.3 is 15.4 Å². The van der Waals surface area contributed by atoms with Crippen LogP contribution < -0.4 is 15.4 Å². The van der Waals surface area contributed by atoms with Gasteiger partial charge in [0.15, 0.2) is 5.11 Å². The van der Waals surface area contributed by atoms with Gasteiger partial charge in [-0.05, 0) is 36.8 Å². The van der Waals surface area contributed by atoms with Gasteiger partial charge in [-0.1, -0.05) is 18.7 Å². The molecule has 0 aliphatic heterocycles. The molecule has 0 amide bonds. The largest absolute Gasteiger partial charge is 0.489 e. The molecule has 96 valence electrons. The lowest BCUT2D eigenvalue weighted by Gasteiger charge is -2.11. The van der Waals surface area contributed by atoms with Crippen LogP contribution in [0, 0.1) is 0 Å². The Kier molecular flexibility index (Phi) is 5.94. The summed E-state index contributed by atoms with van der Waals surface area (Å²) in [5.74, 6) is 0.787. The van der Waals surface area contributed by atoms with Gasteiger partial charge in [-0.15, -0.1) is 6.58 Å². The molecular weight excluding hydrogens is 244 g/mol. The first-order valence-corrected chi connectivity index (χ1v) is 6.05. The van der Waals surface area contributed by atoms with E-state index in [0.29, 0.717) is 18.3 Å². The summed E-state index contributed by atoms with van der Waals surface area (Å²) in [7, 11) is 0. The summed E-state index contributed by atoms with van der Waals surface area (Å²) in [4.78, 5) is 0. The SMILES string of the molecule is C=CCNC(=S)Nc1cccc(OCC(=C)C)c1. The smallest absolute Gasteiger partial charge is 0.171 e. The van der Waals surface area contributed by atoms with Crippen molar-refractivity contribution in [2.24, 2.45) is 0 Å². The molecule has 2 N–H and O–H groups in total. The third-order valence-electron chi connectivity index (χ3n) is 1.98. The Morgan fingerprint density at radius 2 is 2.28 bits per heavy atom. The third-order valence-corrected chi connectivity index (χ3v) is 2.23. The molecule has 0 unspecified atom stereocenters. The average molecular weight is 262 g/mol. The van der Waals surface area contributed by atoms with Crippen molar-refractivity contribution in [2.75, 3.05) is 18.5 Å². The standard InChI is InChI=1S/C14H18N2OS/c1-4-8-15-14(18)16-12-6-5-7-13(9-12)17-10-11(2)3/h4-7,9H,1-2,8,10H2,3H3,(H2,15,16,18). The maximum absolute atomic E-state index is 5.55. The first-order valence-electron chi connectivity index (χ1n) is 5.65. The number of nitrogens with one attached hydrogen (secondary N) is 2. The zero-order chi connectivity index (χ0) is 13.4. The topological polar surface area (TPSA) is 33.3 Å². The Morgan fingerprint density at radius 3 is 2.94 bits per heavy atom. The van der Waals surface area contributed by atoms with E-state index < -0.39 is 0 Å². The van der Waals surface area contributed by atoms with E-state index in [1.54, 1.807) is 6.08 Å². The fourth-order valence-electron chi connectivity index (χ4n) is 1.21. The molecule has 4 heteroatoms. The van der Waals surface area contributed by atoms with Crippen LogP contribution in [0.15, 0.2) is 49.1 Å². The molecule has 1 rings (SSSR count). The van der Waals surface area contributed by atoms with Crippen molar-refractivity contribution >= 4 is 23.0 Å². The summed E-state index contributed by atoms with van der Waals surface area (Å²) < 4.78 is 5.55. The van der Waals surface area contributed by atoms with Gasteiger partial charge in [0.2, 0.25) is 0 Å². The Balaban J connectivity index is 2.55.